The van der Waals surface area contributed by atoms with Gasteiger partial charge in [0.25, 0.3) is 0 Å². The summed E-state index contributed by atoms with van der Waals surface area (Å²) in [5, 5.41) is 2.65. The number of carbonyl (C=O) groups is 1. The normalized spacial score (nSPS) is 13.1. The van der Waals surface area contributed by atoms with Crippen molar-refractivity contribution in [1.29, 1.82) is 0 Å². The Balaban J connectivity index is 4.03. The second kappa shape index (κ2) is 9.39. The van der Waals surface area contributed by atoms with E-state index in [2.05, 4.69) is 10.2 Å². The summed E-state index contributed by atoms with van der Waals surface area (Å²) in [4.78, 5) is 13.4. The first-order valence-corrected chi connectivity index (χ1v) is 6.18. The molecule has 5 heteroatoms. The molecule has 1 atom stereocenters. The number of nitrogens with one attached hydrogen (secondary N) is 1. The third-order valence-corrected chi connectivity index (χ3v) is 2.45. The summed E-state index contributed by atoms with van der Waals surface area (Å²) >= 11 is 0. The van der Waals surface area contributed by atoms with Crippen LogP contribution in [0.2, 0.25) is 0 Å². The molecule has 0 spiro atoms. The third kappa shape index (κ3) is 7.31. The van der Waals surface area contributed by atoms with Crippen LogP contribution in [0.3, 0.4) is 0 Å². The summed E-state index contributed by atoms with van der Waals surface area (Å²) in [6.07, 6.45) is -0.216. The van der Waals surface area contributed by atoms with Crippen LogP contribution in [0.15, 0.2) is 0 Å². The maximum atomic E-state index is 11.4. The van der Waals surface area contributed by atoms with Crippen molar-refractivity contribution in [2.45, 2.75) is 27.1 Å². The third-order valence-electron chi connectivity index (χ3n) is 2.45. The Hall–Kier alpha value is -0.650. The second-order valence-electron chi connectivity index (χ2n) is 4.08. The van der Waals surface area contributed by atoms with Crippen LogP contribution in [-0.4, -0.2) is 57.5 Å². The van der Waals surface area contributed by atoms with Crippen molar-refractivity contribution >= 4 is 5.91 Å². The lowest BCUT2D eigenvalue weighted by molar-refractivity contribution is -0.147. The lowest BCUT2D eigenvalue weighted by atomic mass is 10.1. The lowest BCUT2D eigenvalue weighted by Crippen LogP contribution is -2.39. The number of likely N-dealkylation sites (N-methyl/N-ethyl adjacent to an activating group) is 1. The van der Waals surface area contributed by atoms with E-state index < -0.39 is 0 Å². The zero-order valence-electron chi connectivity index (χ0n) is 11.7. The number of carbonyl (C=O) groups excluding carboxylic acids is 1. The van der Waals surface area contributed by atoms with Gasteiger partial charge in [-0.25, -0.2) is 0 Å². The molecule has 0 saturated heterocycles. The Kier molecular flexibility index (Phi) is 9.03. The van der Waals surface area contributed by atoms with Gasteiger partial charge in [0, 0.05) is 39.3 Å². The van der Waals surface area contributed by atoms with Gasteiger partial charge in [0.1, 0.15) is 0 Å². The van der Waals surface area contributed by atoms with Gasteiger partial charge in [0.15, 0.2) is 6.29 Å². The van der Waals surface area contributed by atoms with Gasteiger partial charge in [-0.1, -0.05) is 6.92 Å². The summed E-state index contributed by atoms with van der Waals surface area (Å²) < 4.78 is 10.9. The molecule has 0 aliphatic rings. The average Bonchev–Trinajstić information content (AvgIpc) is 2.28. The number of hydrogen-bond donors (Lipinski definition) is 1. The highest BCUT2D eigenvalue weighted by Gasteiger charge is 2.17. The molecule has 0 rings (SSSR count). The first-order chi connectivity index (χ1) is 8.04. The van der Waals surface area contributed by atoms with Crippen LogP contribution in [0.4, 0.5) is 0 Å². The summed E-state index contributed by atoms with van der Waals surface area (Å²) in [5.41, 5.74) is 0. The zero-order chi connectivity index (χ0) is 13.3. The van der Waals surface area contributed by atoms with E-state index in [4.69, 9.17) is 9.47 Å². The molecule has 0 aromatic rings. The van der Waals surface area contributed by atoms with Gasteiger partial charge >= 0.3 is 0 Å². The molecule has 102 valence electrons. The van der Waals surface area contributed by atoms with Crippen LogP contribution < -0.4 is 5.32 Å². The summed E-state index contributed by atoms with van der Waals surface area (Å²) in [7, 11) is 3.62. The van der Waals surface area contributed by atoms with Gasteiger partial charge in [-0.05, 0) is 20.9 Å². The molecule has 17 heavy (non-hydrogen) atoms. The van der Waals surface area contributed by atoms with E-state index in [0.717, 1.165) is 0 Å². The monoisotopic (exact) mass is 246 g/mol. The van der Waals surface area contributed by atoms with Crippen LogP contribution >= 0.6 is 0 Å². The second-order valence-corrected chi connectivity index (χ2v) is 4.08. The fourth-order valence-corrected chi connectivity index (χ4v) is 1.65. The average molecular weight is 246 g/mol. The molecule has 1 N–H and O–H groups in total. The first kappa shape index (κ1) is 16.4. The van der Waals surface area contributed by atoms with E-state index in [9.17, 15) is 4.79 Å². The molecule has 0 fully saturated rings. The molecule has 1 amide bonds. The fraction of sp³-hybridized carbons (Fsp3) is 0.917. The SMILES string of the molecule is CCOC(CN(C)CC(C)C(=O)NC)OCC. The molecule has 1 unspecified atom stereocenters. The van der Waals surface area contributed by atoms with Gasteiger partial charge in [-0.2, -0.15) is 0 Å². The molecule has 0 bridgehead atoms. The molecular weight excluding hydrogens is 220 g/mol. The van der Waals surface area contributed by atoms with Gasteiger partial charge in [0.05, 0.1) is 0 Å². The number of amides is 1. The van der Waals surface area contributed by atoms with E-state index in [-0.39, 0.29) is 18.1 Å². The van der Waals surface area contributed by atoms with Gasteiger partial charge in [-0.3, -0.25) is 4.79 Å². The highest BCUT2D eigenvalue weighted by atomic mass is 16.7. The maximum Gasteiger partial charge on any atom is 0.223 e. The predicted molar refractivity (Wildman–Crippen MR) is 67.8 cm³/mol. The number of ether oxygens (including phenoxy) is 2. The Morgan fingerprint density at radius 2 is 1.76 bits per heavy atom. The largest absolute Gasteiger partial charge is 0.359 e. The van der Waals surface area contributed by atoms with Crippen molar-refractivity contribution in [1.82, 2.24) is 10.2 Å². The van der Waals surface area contributed by atoms with Crippen molar-refractivity contribution in [3.8, 4) is 0 Å². The zero-order valence-corrected chi connectivity index (χ0v) is 11.7. The minimum Gasteiger partial charge on any atom is -0.359 e. The first-order valence-electron chi connectivity index (χ1n) is 6.18. The standard InChI is InChI=1S/C12H26N2O3/c1-6-16-11(17-7-2)9-14(5)8-10(3)12(15)13-4/h10-11H,6-9H2,1-5H3,(H,13,15). The Morgan fingerprint density at radius 3 is 2.18 bits per heavy atom. The predicted octanol–water partition coefficient (Wildman–Crippen LogP) is 0.699. The molecular formula is C12H26N2O3. The molecule has 0 heterocycles. The van der Waals surface area contributed by atoms with Crippen LogP contribution in [0.25, 0.3) is 0 Å². The molecule has 0 aliphatic carbocycles. The van der Waals surface area contributed by atoms with E-state index in [1.807, 2.05) is 27.8 Å². The van der Waals surface area contributed by atoms with E-state index in [1.54, 1.807) is 7.05 Å². The Bertz CT molecular complexity index is 206. The summed E-state index contributed by atoms with van der Waals surface area (Å²) in [5.74, 6) is 0.0233. The lowest BCUT2D eigenvalue weighted by Gasteiger charge is -2.25. The summed E-state index contributed by atoms with van der Waals surface area (Å²) in [6.45, 7) is 8.41. The molecule has 0 aliphatic heterocycles. The van der Waals surface area contributed by atoms with Gasteiger partial charge < -0.3 is 19.7 Å². The van der Waals surface area contributed by atoms with Crippen molar-refractivity contribution < 1.29 is 14.3 Å². The number of nitrogens with zero attached hydrogens (tertiary/aromatic N) is 1. The van der Waals surface area contributed by atoms with Crippen molar-refractivity contribution in [3.05, 3.63) is 0 Å². The number of hydrogen-bond acceptors (Lipinski definition) is 4. The van der Waals surface area contributed by atoms with Crippen LogP contribution in [0.1, 0.15) is 20.8 Å². The van der Waals surface area contributed by atoms with Crippen LogP contribution in [0, 0.1) is 5.92 Å². The molecule has 0 radical (unpaired) electrons. The molecule has 0 saturated carbocycles. The molecule has 0 aromatic heterocycles. The van der Waals surface area contributed by atoms with E-state index in [0.29, 0.717) is 26.3 Å². The van der Waals surface area contributed by atoms with E-state index in [1.165, 1.54) is 0 Å². The van der Waals surface area contributed by atoms with Crippen molar-refractivity contribution in [3.63, 3.8) is 0 Å². The minimum absolute atomic E-state index is 0.0334. The maximum absolute atomic E-state index is 11.4. The van der Waals surface area contributed by atoms with Gasteiger partial charge in [0.2, 0.25) is 5.91 Å². The van der Waals surface area contributed by atoms with Gasteiger partial charge in [-0.15, -0.1) is 0 Å². The molecule has 0 aromatic carbocycles. The minimum atomic E-state index is -0.216. The van der Waals surface area contributed by atoms with Crippen molar-refractivity contribution in [2.75, 3.05) is 40.4 Å². The van der Waals surface area contributed by atoms with Crippen molar-refractivity contribution in [2.24, 2.45) is 5.92 Å². The fourth-order valence-electron chi connectivity index (χ4n) is 1.65. The molecule has 5 nitrogen and oxygen atoms in total. The van der Waals surface area contributed by atoms with Crippen LogP contribution in [0.5, 0.6) is 0 Å². The highest BCUT2D eigenvalue weighted by molar-refractivity contribution is 5.78. The van der Waals surface area contributed by atoms with E-state index >= 15 is 0 Å². The Labute approximate surface area is 104 Å². The Morgan fingerprint density at radius 1 is 1.24 bits per heavy atom. The quantitative estimate of drug-likeness (QED) is 0.608. The van der Waals surface area contributed by atoms with Crippen LogP contribution in [-0.2, 0) is 14.3 Å². The smallest absolute Gasteiger partial charge is 0.223 e. The highest BCUT2D eigenvalue weighted by Crippen LogP contribution is 2.02. The topological polar surface area (TPSA) is 50.8 Å². The summed E-state index contributed by atoms with van der Waals surface area (Å²) in [6, 6.07) is 0. The number of rotatable bonds is 9.